The van der Waals surface area contributed by atoms with Crippen LogP contribution < -0.4 is 5.32 Å². The number of nitrogens with one attached hydrogen (secondary N) is 1. The van der Waals surface area contributed by atoms with Crippen LogP contribution >= 0.6 is 0 Å². The minimum Gasteiger partial charge on any atom is -0.469 e. The molecule has 1 N–H and O–H groups in total. The fourth-order valence-corrected chi connectivity index (χ4v) is 2.28. The monoisotopic (exact) mass is 343 g/mol. The molecule has 0 spiro atoms. The third-order valence-electron chi connectivity index (χ3n) is 3.63. The molecule has 0 saturated heterocycles. The lowest BCUT2D eigenvalue weighted by Crippen LogP contribution is -2.43. The highest BCUT2D eigenvalue weighted by Crippen LogP contribution is 2.05. The summed E-state index contributed by atoms with van der Waals surface area (Å²) in [5, 5.41) is 2.61. The highest BCUT2D eigenvalue weighted by molar-refractivity contribution is 5.88. The van der Waals surface area contributed by atoms with Gasteiger partial charge in [-0.25, -0.2) is 0 Å². The van der Waals surface area contributed by atoms with Gasteiger partial charge in [0, 0.05) is 6.42 Å². The van der Waals surface area contributed by atoms with E-state index in [1.165, 1.54) is 13.2 Å². The Morgan fingerprint density at radius 2 is 1.88 bits per heavy atom. The molecule has 0 fully saturated rings. The number of carbonyl (C=O) groups is 3. The summed E-state index contributed by atoms with van der Waals surface area (Å²) < 4.78 is 10.0. The van der Waals surface area contributed by atoms with Crippen molar-refractivity contribution in [1.82, 2.24) is 5.32 Å². The fourth-order valence-electron chi connectivity index (χ4n) is 2.28. The van der Waals surface area contributed by atoms with Gasteiger partial charge in [-0.15, -0.1) is 0 Å². The van der Waals surface area contributed by atoms with Gasteiger partial charge in [0.25, 0.3) is 5.91 Å². The predicted octanol–water partition coefficient (Wildman–Crippen LogP) is 2.07. The van der Waals surface area contributed by atoms with Crippen molar-refractivity contribution in [1.29, 1.82) is 0 Å². The number of hydrogen-bond acceptors (Lipinski definition) is 5. The SMILES string of the molecule is CC(=O)[C@@H](Cc1ccccc1)NC(=O)COC(=O)CCc1ccco1. The Labute approximate surface area is 146 Å². The van der Waals surface area contributed by atoms with Crippen LogP contribution in [-0.4, -0.2) is 30.3 Å². The van der Waals surface area contributed by atoms with Crippen molar-refractivity contribution in [2.45, 2.75) is 32.2 Å². The normalized spacial score (nSPS) is 11.6. The first-order valence-corrected chi connectivity index (χ1v) is 8.06. The van der Waals surface area contributed by atoms with Gasteiger partial charge < -0.3 is 14.5 Å². The van der Waals surface area contributed by atoms with Crippen LogP contribution in [0.5, 0.6) is 0 Å². The van der Waals surface area contributed by atoms with Gasteiger partial charge >= 0.3 is 5.97 Å². The maximum absolute atomic E-state index is 11.9. The van der Waals surface area contributed by atoms with Gasteiger partial charge in [-0.3, -0.25) is 14.4 Å². The van der Waals surface area contributed by atoms with Gasteiger partial charge in [-0.1, -0.05) is 30.3 Å². The zero-order valence-electron chi connectivity index (χ0n) is 14.1. The van der Waals surface area contributed by atoms with E-state index >= 15 is 0 Å². The van der Waals surface area contributed by atoms with E-state index in [2.05, 4.69) is 5.32 Å². The number of ketones is 1. The van der Waals surface area contributed by atoms with Gasteiger partial charge in [0.2, 0.25) is 0 Å². The number of esters is 1. The number of Topliss-reactive ketones (excluding diaryl/α,β-unsaturated/α-hetero) is 1. The van der Waals surface area contributed by atoms with Gasteiger partial charge in [0.15, 0.2) is 12.4 Å². The first-order chi connectivity index (χ1) is 12.0. The molecule has 1 amide bonds. The zero-order valence-corrected chi connectivity index (χ0v) is 14.1. The van der Waals surface area contributed by atoms with Crippen LogP contribution in [-0.2, 0) is 32.0 Å². The number of hydrogen-bond donors (Lipinski definition) is 1. The van der Waals surface area contributed by atoms with Crippen LogP contribution in [0.4, 0.5) is 0 Å². The number of aryl methyl sites for hydroxylation is 1. The molecule has 1 aromatic carbocycles. The van der Waals surface area contributed by atoms with Crippen LogP contribution in [0.25, 0.3) is 0 Å². The third kappa shape index (κ3) is 6.63. The summed E-state index contributed by atoms with van der Waals surface area (Å²) >= 11 is 0. The number of carbonyl (C=O) groups excluding carboxylic acids is 3. The second kappa shape index (κ2) is 9.42. The molecule has 1 aromatic heterocycles. The number of rotatable bonds is 9. The molecule has 2 aromatic rings. The van der Waals surface area contributed by atoms with Crippen LogP contribution in [0, 0.1) is 0 Å². The quantitative estimate of drug-likeness (QED) is 0.705. The third-order valence-corrected chi connectivity index (χ3v) is 3.63. The Balaban J connectivity index is 1.74. The first-order valence-electron chi connectivity index (χ1n) is 8.06. The maximum Gasteiger partial charge on any atom is 0.306 e. The van der Waals surface area contributed by atoms with E-state index < -0.39 is 24.5 Å². The topological polar surface area (TPSA) is 85.6 Å². The van der Waals surface area contributed by atoms with Gasteiger partial charge in [0.05, 0.1) is 18.7 Å². The molecule has 1 heterocycles. The standard InChI is InChI=1S/C19H21NO5/c1-14(21)17(12-15-6-3-2-4-7-15)20-18(22)13-25-19(23)10-9-16-8-5-11-24-16/h2-8,11,17H,9-10,12-13H2,1H3,(H,20,22)/t17-/m1/s1. The Morgan fingerprint density at radius 1 is 1.12 bits per heavy atom. The molecular weight excluding hydrogens is 322 g/mol. The molecule has 1 atom stereocenters. The van der Waals surface area contributed by atoms with E-state index in [0.717, 1.165) is 5.56 Å². The van der Waals surface area contributed by atoms with E-state index in [1.807, 2.05) is 30.3 Å². The van der Waals surface area contributed by atoms with Gasteiger partial charge in [0.1, 0.15) is 5.76 Å². The van der Waals surface area contributed by atoms with E-state index in [9.17, 15) is 14.4 Å². The average molecular weight is 343 g/mol. The van der Waals surface area contributed by atoms with E-state index in [-0.39, 0.29) is 12.2 Å². The Morgan fingerprint density at radius 3 is 2.52 bits per heavy atom. The van der Waals surface area contributed by atoms with Crippen molar-refractivity contribution >= 4 is 17.7 Å². The lowest BCUT2D eigenvalue weighted by Gasteiger charge is -2.16. The van der Waals surface area contributed by atoms with Crippen LogP contribution in [0.2, 0.25) is 0 Å². The van der Waals surface area contributed by atoms with Crippen LogP contribution in [0.1, 0.15) is 24.7 Å². The Kier molecular flexibility index (Phi) is 6.95. The van der Waals surface area contributed by atoms with E-state index in [1.54, 1.807) is 12.1 Å². The summed E-state index contributed by atoms with van der Waals surface area (Å²) in [6.07, 6.45) is 2.47. The minimum atomic E-state index is -0.642. The van der Waals surface area contributed by atoms with Crippen LogP contribution in [0.15, 0.2) is 53.1 Å². The highest BCUT2D eigenvalue weighted by Gasteiger charge is 2.18. The number of ether oxygens (including phenoxy) is 1. The van der Waals surface area contributed by atoms with Crippen molar-refractivity contribution in [3.63, 3.8) is 0 Å². The molecule has 0 bridgehead atoms. The second-order valence-electron chi connectivity index (χ2n) is 5.66. The zero-order chi connectivity index (χ0) is 18.1. The highest BCUT2D eigenvalue weighted by atomic mass is 16.5. The summed E-state index contributed by atoms with van der Waals surface area (Å²) in [5.74, 6) is -0.460. The smallest absolute Gasteiger partial charge is 0.306 e. The molecule has 6 nitrogen and oxygen atoms in total. The molecule has 6 heteroatoms. The Bertz CT molecular complexity index is 694. The van der Waals surface area contributed by atoms with Crippen LogP contribution in [0.3, 0.4) is 0 Å². The Hall–Kier alpha value is -2.89. The molecule has 132 valence electrons. The summed E-state index contributed by atoms with van der Waals surface area (Å²) in [6, 6.07) is 12.3. The summed E-state index contributed by atoms with van der Waals surface area (Å²) in [4.78, 5) is 35.3. The molecule has 25 heavy (non-hydrogen) atoms. The van der Waals surface area contributed by atoms with E-state index in [4.69, 9.17) is 9.15 Å². The van der Waals surface area contributed by atoms with Crippen molar-refractivity contribution in [3.05, 3.63) is 60.1 Å². The van der Waals surface area contributed by atoms with Crippen molar-refractivity contribution in [2.24, 2.45) is 0 Å². The van der Waals surface area contributed by atoms with Gasteiger partial charge in [-0.05, 0) is 31.0 Å². The summed E-state index contributed by atoms with van der Waals surface area (Å²) in [6.45, 7) is 1.01. The molecule has 0 aliphatic heterocycles. The van der Waals surface area contributed by atoms with Gasteiger partial charge in [-0.2, -0.15) is 0 Å². The molecule has 0 aliphatic carbocycles. The van der Waals surface area contributed by atoms with Crippen molar-refractivity contribution in [2.75, 3.05) is 6.61 Å². The maximum atomic E-state index is 11.9. The number of furan rings is 1. The molecule has 0 unspecified atom stereocenters. The first kappa shape index (κ1) is 18.4. The predicted molar refractivity (Wildman–Crippen MR) is 90.7 cm³/mol. The lowest BCUT2D eigenvalue weighted by atomic mass is 10.0. The molecular formula is C19H21NO5. The fraction of sp³-hybridized carbons (Fsp3) is 0.316. The van der Waals surface area contributed by atoms with Crippen molar-refractivity contribution in [3.8, 4) is 0 Å². The second-order valence-corrected chi connectivity index (χ2v) is 5.66. The average Bonchev–Trinajstić information content (AvgIpc) is 3.12. The minimum absolute atomic E-state index is 0.126. The molecule has 0 saturated carbocycles. The number of amides is 1. The van der Waals surface area contributed by atoms with E-state index in [0.29, 0.717) is 18.6 Å². The molecule has 0 radical (unpaired) electrons. The summed E-state index contributed by atoms with van der Waals surface area (Å²) in [7, 11) is 0. The molecule has 0 aliphatic rings. The number of benzene rings is 1. The lowest BCUT2D eigenvalue weighted by molar-refractivity contribution is -0.148. The largest absolute Gasteiger partial charge is 0.469 e. The van der Waals surface area contributed by atoms with Crippen molar-refractivity contribution < 1.29 is 23.5 Å². The summed E-state index contributed by atoms with van der Waals surface area (Å²) in [5.41, 5.74) is 0.943. The molecule has 2 rings (SSSR count).